The molecular weight excluding hydrogens is 281 g/mol. The average molecular weight is 294 g/mol. The Kier molecular flexibility index (Phi) is 4.98. The molecule has 2 aromatic rings. The first kappa shape index (κ1) is 15.1. The Bertz CT molecular complexity index is 624. The molecule has 21 heavy (non-hydrogen) atoms. The molecule has 0 spiro atoms. The van der Waals surface area contributed by atoms with Crippen molar-refractivity contribution in [2.24, 2.45) is 0 Å². The van der Waals surface area contributed by atoms with E-state index in [1.165, 1.54) is 30.3 Å². The van der Waals surface area contributed by atoms with Crippen molar-refractivity contribution in [3.05, 3.63) is 65.5 Å². The zero-order valence-corrected chi connectivity index (χ0v) is 11.1. The minimum atomic E-state index is -0.977. The van der Waals surface area contributed by atoms with Gasteiger partial charge in [-0.05, 0) is 42.8 Å². The van der Waals surface area contributed by atoms with Crippen LogP contribution >= 0.6 is 0 Å². The van der Waals surface area contributed by atoms with Gasteiger partial charge >= 0.3 is 0 Å². The lowest BCUT2D eigenvalue weighted by atomic mass is 10.1. The highest BCUT2D eigenvalue weighted by Gasteiger charge is 2.07. The lowest BCUT2D eigenvalue weighted by Gasteiger charge is -2.06. The monoisotopic (exact) mass is 294 g/mol. The second-order valence-electron chi connectivity index (χ2n) is 4.46. The maximum absolute atomic E-state index is 12.9. The van der Waals surface area contributed by atoms with E-state index in [-0.39, 0.29) is 24.6 Å². The summed E-state index contributed by atoms with van der Waals surface area (Å²) < 4.78 is 43.6. The number of carbonyl (C=O) groups is 1. The largest absolute Gasteiger partial charge is 0.493 e. The van der Waals surface area contributed by atoms with E-state index in [4.69, 9.17) is 4.74 Å². The molecule has 0 unspecified atom stereocenters. The molecule has 0 aliphatic rings. The van der Waals surface area contributed by atoms with Gasteiger partial charge < -0.3 is 4.74 Å². The fourth-order valence-corrected chi connectivity index (χ4v) is 1.77. The summed E-state index contributed by atoms with van der Waals surface area (Å²) in [6, 6.07) is 8.56. The van der Waals surface area contributed by atoms with Crippen molar-refractivity contribution in [3.8, 4) is 5.75 Å². The third-order valence-corrected chi connectivity index (χ3v) is 2.87. The van der Waals surface area contributed by atoms with Crippen molar-refractivity contribution in [2.45, 2.75) is 12.8 Å². The van der Waals surface area contributed by atoms with Crippen molar-refractivity contribution < 1.29 is 22.7 Å². The van der Waals surface area contributed by atoms with Gasteiger partial charge in [-0.15, -0.1) is 0 Å². The van der Waals surface area contributed by atoms with Gasteiger partial charge in [0.25, 0.3) is 0 Å². The number of rotatable bonds is 6. The Morgan fingerprint density at radius 3 is 2.33 bits per heavy atom. The highest BCUT2D eigenvalue weighted by atomic mass is 19.2. The summed E-state index contributed by atoms with van der Waals surface area (Å²) in [5.74, 6) is -2.22. The van der Waals surface area contributed by atoms with E-state index in [1.807, 2.05) is 0 Å². The van der Waals surface area contributed by atoms with Gasteiger partial charge in [0, 0.05) is 18.1 Å². The average Bonchev–Trinajstić information content (AvgIpc) is 2.47. The first-order chi connectivity index (χ1) is 10.1. The Labute approximate surface area is 120 Å². The van der Waals surface area contributed by atoms with Gasteiger partial charge in [-0.3, -0.25) is 4.79 Å². The molecule has 110 valence electrons. The molecule has 2 rings (SSSR count). The van der Waals surface area contributed by atoms with Gasteiger partial charge in [-0.25, -0.2) is 13.2 Å². The molecule has 0 atom stereocenters. The number of ketones is 1. The topological polar surface area (TPSA) is 26.3 Å². The second kappa shape index (κ2) is 6.92. The molecule has 0 aliphatic heterocycles. The van der Waals surface area contributed by atoms with E-state index in [2.05, 4.69) is 0 Å². The third-order valence-electron chi connectivity index (χ3n) is 2.87. The predicted molar refractivity (Wildman–Crippen MR) is 71.8 cm³/mol. The number of benzene rings is 2. The summed E-state index contributed by atoms with van der Waals surface area (Å²) in [6.45, 7) is 0.206. The highest BCUT2D eigenvalue weighted by molar-refractivity contribution is 5.95. The predicted octanol–water partition coefficient (Wildman–Crippen LogP) is 4.15. The van der Waals surface area contributed by atoms with Crippen LogP contribution in [-0.4, -0.2) is 12.4 Å². The molecule has 0 amide bonds. The first-order valence-electron chi connectivity index (χ1n) is 6.43. The van der Waals surface area contributed by atoms with Crippen molar-refractivity contribution in [1.82, 2.24) is 0 Å². The van der Waals surface area contributed by atoms with E-state index in [9.17, 15) is 18.0 Å². The van der Waals surface area contributed by atoms with Gasteiger partial charge in [-0.1, -0.05) is 0 Å². The molecular formula is C16H13F3O2. The van der Waals surface area contributed by atoms with Gasteiger partial charge in [0.2, 0.25) is 0 Å². The van der Waals surface area contributed by atoms with E-state index in [0.29, 0.717) is 12.0 Å². The molecule has 5 heteroatoms. The smallest absolute Gasteiger partial charge is 0.163 e. The number of carbonyl (C=O) groups excluding carboxylic acids is 1. The summed E-state index contributed by atoms with van der Waals surface area (Å²) in [5, 5.41) is 0. The molecule has 0 N–H and O–H groups in total. The molecule has 0 fully saturated rings. The van der Waals surface area contributed by atoms with E-state index < -0.39 is 17.5 Å². The Hall–Kier alpha value is -2.30. The van der Waals surface area contributed by atoms with Crippen LogP contribution in [0.3, 0.4) is 0 Å². The SMILES string of the molecule is O=C(CCCOc1ccc(F)c(F)c1)c1ccc(F)cc1. The standard InChI is InChI=1S/C16H13F3O2/c17-12-5-3-11(4-6-12)16(20)2-1-9-21-13-7-8-14(18)15(19)10-13/h3-8,10H,1-2,9H2. The lowest BCUT2D eigenvalue weighted by molar-refractivity contribution is 0.0973. The van der Waals surface area contributed by atoms with Crippen molar-refractivity contribution in [3.63, 3.8) is 0 Å². The van der Waals surface area contributed by atoms with Gasteiger partial charge in [0.15, 0.2) is 17.4 Å². The van der Waals surface area contributed by atoms with E-state index in [0.717, 1.165) is 12.1 Å². The van der Waals surface area contributed by atoms with Crippen LogP contribution in [-0.2, 0) is 0 Å². The van der Waals surface area contributed by atoms with Crippen LogP contribution in [0.25, 0.3) is 0 Å². The number of ether oxygens (including phenoxy) is 1. The number of hydrogen-bond donors (Lipinski definition) is 0. The molecule has 2 nitrogen and oxygen atoms in total. The molecule has 0 bridgehead atoms. The summed E-state index contributed by atoms with van der Waals surface area (Å²) in [7, 11) is 0. The number of hydrogen-bond acceptors (Lipinski definition) is 2. The van der Waals surface area contributed by atoms with Crippen molar-refractivity contribution in [1.29, 1.82) is 0 Å². The Morgan fingerprint density at radius 1 is 0.952 bits per heavy atom. The van der Waals surface area contributed by atoms with Crippen LogP contribution in [0, 0.1) is 17.5 Å². The summed E-state index contributed by atoms with van der Waals surface area (Å²) >= 11 is 0. The zero-order chi connectivity index (χ0) is 15.2. The van der Waals surface area contributed by atoms with Crippen LogP contribution in [0.2, 0.25) is 0 Å². The normalized spacial score (nSPS) is 10.4. The Morgan fingerprint density at radius 2 is 1.67 bits per heavy atom. The molecule has 0 saturated carbocycles. The maximum atomic E-state index is 12.9. The second-order valence-corrected chi connectivity index (χ2v) is 4.46. The number of Topliss-reactive ketones (excluding diaryl/α,β-unsaturated/α-hetero) is 1. The van der Waals surface area contributed by atoms with Crippen LogP contribution in [0.1, 0.15) is 23.2 Å². The molecule has 0 saturated heterocycles. The van der Waals surface area contributed by atoms with Gasteiger partial charge in [0.05, 0.1) is 6.61 Å². The van der Waals surface area contributed by atoms with Crippen LogP contribution in [0.4, 0.5) is 13.2 Å². The molecule has 0 heterocycles. The third kappa shape index (κ3) is 4.34. The van der Waals surface area contributed by atoms with E-state index in [1.54, 1.807) is 0 Å². The summed E-state index contributed by atoms with van der Waals surface area (Å²) in [6.07, 6.45) is 0.657. The van der Waals surface area contributed by atoms with Gasteiger partial charge in [-0.2, -0.15) is 0 Å². The van der Waals surface area contributed by atoms with Crippen molar-refractivity contribution >= 4 is 5.78 Å². The fourth-order valence-electron chi connectivity index (χ4n) is 1.77. The molecule has 0 aliphatic carbocycles. The molecule has 0 radical (unpaired) electrons. The fraction of sp³-hybridized carbons (Fsp3) is 0.188. The Balaban J connectivity index is 1.77. The van der Waals surface area contributed by atoms with Crippen LogP contribution < -0.4 is 4.74 Å². The minimum absolute atomic E-state index is 0.121. The molecule has 0 aromatic heterocycles. The quantitative estimate of drug-likeness (QED) is 0.591. The molecule has 2 aromatic carbocycles. The highest BCUT2D eigenvalue weighted by Crippen LogP contribution is 2.16. The summed E-state index contributed by atoms with van der Waals surface area (Å²) in [5.41, 5.74) is 0.434. The number of halogens is 3. The lowest BCUT2D eigenvalue weighted by Crippen LogP contribution is -2.04. The minimum Gasteiger partial charge on any atom is -0.493 e. The van der Waals surface area contributed by atoms with Crippen LogP contribution in [0.5, 0.6) is 5.75 Å². The zero-order valence-electron chi connectivity index (χ0n) is 11.1. The van der Waals surface area contributed by atoms with Crippen molar-refractivity contribution in [2.75, 3.05) is 6.61 Å². The van der Waals surface area contributed by atoms with Crippen LogP contribution in [0.15, 0.2) is 42.5 Å². The first-order valence-corrected chi connectivity index (χ1v) is 6.43. The summed E-state index contributed by atoms with van der Waals surface area (Å²) in [4.78, 5) is 11.8. The van der Waals surface area contributed by atoms with Gasteiger partial charge in [0.1, 0.15) is 11.6 Å². The van der Waals surface area contributed by atoms with E-state index >= 15 is 0 Å². The maximum Gasteiger partial charge on any atom is 0.163 e.